The summed E-state index contributed by atoms with van der Waals surface area (Å²) in [7, 11) is 0. The number of rotatable bonds is 5. The van der Waals surface area contributed by atoms with Gasteiger partial charge in [0.2, 0.25) is 5.82 Å². The molecule has 4 nitrogen and oxygen atoms in total. The topological polar surface area (TPSA) is 48.2 Å². The van der Waals surface area contributed by atoms with E-state index in [9.17, 15) is 4.39 Å². The molecule has 1 aromatic heterocycles. The number of hydrogen-bond acceptors (Lipinski definition) is 4. The van der Waals surface area contributed by atoms with E-state index in [1.807, 2.05) is 49.4 Å². The molecule has 0 saturated carbocycles. The molecule has 0 radical (unpaired) electrons. The number of halogens is 2. The fraction of sp³-hybridized carbons (Fsp3) is 0.0909. The molecule has 3 aromatic carbocycles. The third kappa shape index (κ3) is 4.05. The van der Waals surface area contributed by atoms with Gasteiger partial charge < -0.3 is 9.26 Å². The molecule has 0 amide bonds. The second-order valence-corrected chi connectivity index (χ2v) is 6.76. The number of aromatic nitrogens is 2. The summed E-state index contributed by atoms with van der Waals surface area (Å²) >= 11 is 6.18. The highest BCUT2D eigenvalue weighted by Gasteiger charge is 2.11. The fourth-order valence-corrected chi connectivity index (χ4v) is 2.91. The van der Waals surface area contributed by atoms with E-state index in [0.717, 1.165) is 16.7 Å². The van der Waals surface area contributed by atoms with Crippen LogP contribution in [-0.4, -0.2) is 10.1 Å². The van der Waals surface area contributed by atoms with Crippen molar-refractivity contribution in [3.63, 3.8) is 0 Å². The van der Waals surface area contributed by atoms with E-state index in [0.29, 0.717) is 34.7 Å². The molecule has 0 aliphatic carbocycles. The van der Waals surface area contributed by atoms with Gasteiger partial charge in [-0.1, -0.05) is 35.0 Å². The Morgan fingerprint density at radius 1 is 1.00 bits per heavy atom. The van der Waals surface area contributed by atoms with Crippen LogP contribution in [0.4, 0.5) is 4.39 Å². The molecule has 0 aliphatic rings. The molecule has 140 valence electrons. The molecule has 4 aromatic rings. The van der Waals surface area contributed by atoms with Crippen molar-refractivity contribution in [1.29, 1.82) is 0 Å². The molecule has 1 heterocycles. The fourth-order valence-electron chi connectivity index (χ4n) is 2.73. The van der Waals surface area contributed by atoms with Crippen molar-refractivity contribution in [1.82, 2.24) is 10.1 Å². The number of nitrogens with zero attached hydrogens (tertiary/aromatic N) is 2. The van der Waals surface area contributed by atoms with Gasteiger partial charge in [-0.05, 0) is 66.6 Å². The highest BCUT2D eigenvalue weighted by molar-refractivity contribution is 6.32. The Morgan fingerprint density at radius 3 is 2.64 bits per heavy atom. The Bertz CT molecular complexity index is 1110. The first-order valence-electron chi connectivity index (χ1n) is 8.66. The molecular weight excluding hydrogens is 379 g/mol. The molecule has 0 saturated heterocycles. The van der Waals surface area contributed by atoms with E-state index in [2.05, 4.69) is 10.1 Å². The summed E-state index contributed by atoms with van der Waals surface area (Å²) in [6, 6.07) is 19.2. The number of hydrogen-bond donors (Lipinski definition) is 0. The Kier molecular flexibility index (Phi) is 5.08. The average molecular weight is 395 g/mol. The maximum absolute atomic E-state index is 13.1. The summed E-state index contributed by atoms with van der Waals surface area (Å²) in [5, 5.41) is 4.55. The van der Waals surface area contributed by atoms with Crippen LogP contribution < -0.4 is 4.74 Å². The zero-order valence-electron chi connectivity index (χ0n) is 15.0. The lowest BCUT2D eigenvalue weighted by molar-refractivity contribution is 0.306. The predicted molar refractivity (Wildman–Crippen MR) is 106 cm³/mol. The van der Waals surface area contributed by atoms with Crippen LogP contribution in [0.1, 0.15) is 11.1 Å². The van der Waals surface area contributed by atoms with E-state index in [1.54, 1.807) is 12.1 Å². The van der Waals surface area contributed by atoms with Crippen LogP contribution in [-0.2, 0) is 6.61 Å². The first kappa shape index (κ1) is 18.2. The first-order valence-corrected chi connectivity index (χ1v) is 9.04. The molecule has 0 atom stereocenters. The van der Waals surface area contributed by atoms with Crippen molar-refractivity contribution >= 4 is 11.6 Å². The van der Waals surface area contributed by atoms with Gasteiger partial charge in [-0.15, -0.1) is 0 Å². The van der Waals surface area contributed by atoms with Gasteiger partial charge in [-0.3, -0.25) is 0 Å². The van der Waals surface area contributed by atoms with Gasteiger partial charge >= 0.3 is 0 Å². The molecule has 0 unspecified atom stereocenters. The number of aryl methyl sites for hydroxylation is 1. The molecule has 0 bridgehead atoms. The smallest absolute Gasteiger partial charge is 0.258 e. The van der Waals surface area contributed by atoms with Crippen molar-refractivity contribution in [2.75, 3.05) is 0 Å². The maximum atomic E-state index is 13.1. The van der Waals surface area contributed by atoms with Crippen LogP contribution in [0.2, 0.25) is 5.02 Å². The van der Waals surface area contributed by atoms with Gasteiger partial charge in [0, 0.05) is 11.1 Å². The van der Waals surface area contributed by atoms with Crippen molar-refractivity contribution in [2.24, 2.45) is 0 Å². The highest BCUT2D eigenvalue weighted by Crippen LogP contribution is 2.27. The van der Waals surface area contributed by atoms with E-state index in [1.165, 1.54) is 12.1 Å². The summed E-state index contributed by atoms with van der Waals surface area (Å²) in [5.74, 6) is 1.12. The molecular formula is C22H16ClFN2O2. The summed E-state index contributed by atoms with van der Waals surface area (Å²) in [6.07, 6.45) is 0. The third-order valence-corrected chi connectivity index (χ3v) is 4.50. The molecule has 6 heteroatoms. The van der Waals surface area contributed by atoms with Gasteiger partial charge in [0.25, 0.3) is 5.89 Å². The second-order valence-electron chi connectivity index (χ2n) is 6.35. The summed E-state index contributed by atoms with van der Waals surface area (Å²) in [5.41, 5.74) is 3.48. The van der Waals surface area contributed by atoms with Gasteiger partial charge in [-0.25, -0.2) is 4.39 Å². The number of ether oxygens (including phenoxy) is 1. The zero-order valence-corrected chi connectivity index (χ0v) is 15.8. The Labute approximate surface area is 166 Å². The van der Waals surface area contributed by atoms with Gasteiger partial charge in [0.1, 0.15) is 18.2 Å². The first-order chi connectivity index (χ1) is 13.6. The van der Waals surface area contributed by atoms with Crippen molar-refractivity contribution in [3.05, 3.63) is 88.7 Å². The van der Waals surface area contributed by atoms with E-state index in [4.69, 9.17) is 20.9 Å². The third-order valence-electron chi connectivity index (χ3n) is 4.18. The van der Waals surface area contributed by atoms with E-state index >= 15 is 0 Å². The SMILES string of the molecule is Cc1ccc(Cl)c(OCc2cccc(-c3nc(-c4ccc(F)cc4)no3)c2)c1. The Hall–Kier alpha value is -3.18. The minimum Gasteiger partial charge on any atom is -0.487 e. The largest absolute Gasteiger partial charge is 0.487 e. The van der Waals surface area contributed by atoms with Gasteiger partial charge in [0.05, 0.1) is 5.02 Å². The minimum atomic E-state index is -0.311. The molecule has 0 N–H and O–H groups in total. The van der Waals surface area contributed by atoms with E-state index < -0.39 is 0 Å². The standard InChI is InChI=1S/C22H16ClFN2O2/c1-14-5-10-19(23)20(11-14)27-13-15-3-2-4-17(12-15)22-25-21(26-28-22)16-6-8-18(24)9-7-16/h2-12H,13H2,1H3. The van der Waals surface area contributed by atoms with Crippen LogP contribution in [0.15, 0.2) is 71.3 Å². The lowest BCUT2D eigenvalue weighted by atomic mass is 10.1. The summed E-state index contributed by atoms with van der Waals surface area (Å²) < 4.78 is 24.3. The van der Waals surface area contributed by atoms with Crippen LogP contribution in [0.5, 0.6) is 5.75 Å². The van der Waals surface area contributed by atoms with Crippen LogP contribution in [0.3, 0.4) is 0 Å². The average Bonchev–Trinajstić information content (AvgIpc) is 3.20. The Morgan fingerprint density at radius 2 is 1.82 bits per heavy atom. The Balaban J connectivity index is 1.52. The zero-order chi connectivity index (χ0) is 19.5. The van der Waals surface area contributed by atoms with Crippen molar-refractivity contribution in [2.45, 2.75) is 13.5 Å². The number of benzene rings is 3. The normalized spacial score (nSPS) is 10.8. The van der Waals surface area contributed by atoms with Crippen LogP contribution >= 0.6 is 11.6 Å². The van der Waals surface area contributed by atoms with Crippen molar-refractivity contribution < 1.29 is 13.7 Å². The van der Waals surface area contributed by atoms with Crippen LogP contribution in [0.25, 0.3) is 22.8 Å². The maximum Gasteiger partial charge on any atom is 0.258 e. The van der Waals surface area contributed by atoms with E-state index in [-0.39, 0.29) is 5.82 Å². The summed E-state index contributed by atoms with van der Waals surface area (Å²) in [6.45, 7) is 2.34. The lowest BCUT2D eigenvalue weighted by Gasteiger charge is -2.09. The quantitative estimate of drug-likeness (QED) is 0.411. The monoisotopic (exact) mass is 394 g/mol. The van der Waals surface area contributed by atoms with Gasteiger partial charge in [0.15, 0.2) is 0 Å². The molecule has 0 fully saturated rings. The second kappa shape index (κ2) is 7.82. The molecule has 0 spiro atoms. The minimum absolute atomic E-state index is 0.311. The predicted octanol–water partition coefficient (Wildman–Crippen LogP) is 6.08. The highest BCUT2D eigenvalue weighted by atomic mass is 35.5. The van der Waals surface area contributed by atoms with Crippen LogP contribution in [0, 0.1) is 12.7 Å². The van der Waals surface area contributed by atoms with Crippen molar-refractivity contribution in [3.8, 4) is 28.6 Å². The molecule has 28 heavy (non-hydrogen) atoms. The molecule has 4 rings (SSSR count). The lowest BCUT2D eigenvalue weighted by Crippen LogP contribution is -1.96. The summed E-state index contributed by atoms with van der Waals surface area (Å²) in [4.78, 5) is 4.40. The molecule has 0 aliphatic heterocycles. The van der Waals surface area contributed by atoms with Gasteiger partial charge in [-0.2, -0.15) is 4.98 Å².